The molecule has 0 heterocycles. The fourth-order valence-electron chi connectivity index (χ4n) is 0.805. The van der Waals surface area contributed by atoms with Gasteiger partial charge in [0.1, 0.15) is 11.8 Å². The predicted octanol–water partition coefficient (Wildman–Crippen LogP) is 0.838. The molecule has 0 amide bonds. The summed E-state index contributed by atoms with van der Waals surface area (Å²) in [7, 11) is 0. The third kappa shape index (κ3) is 3.23. The molecule has 0 rings (SSSR count). The zero-order chi connectivity index (χ0) is 9.07. The molecule has 0 aromatic rings. The summed E-state index contributed by atoms with van der Waals surface area (Å²) >= 11 is 0. The third-order valence-electron chi connectivity index (χ3n) is 1.74. The van der Waals surface area contributed by atoms with E-state index in [0.29, 0.717) is 0 Å². The highest BCUT2D eigenvalue weighted by atomic mass is 16.3. The molecule has 4 heteroatoms. The Bertz CT molecular complexity index is 166. The minimum Gasteiger partial charge on any atom is -0.323 e. The standard InChI is InChI=1S/C7H14N2O2/c1-5(10)4-7(3,8)6(2)9-11/h6H,4,8H2,1-3H3. The molecule has 4 nitrogen and oxygen atoms in total. The van der Waals surface area contributed by atoms with Crippen molar-refractivity contribution in [3.05, 3.63) is 4.91 Å². The summed E-state index contributed by atoms with van der Waals surface area (Å²) in [6.45, 7) is 4.71. The van der Waals surface area contributed by atoms with Crippen molar-refractivity contribution < 1.29 is 4.79 Å². The fourth-order valence-corrected chi connectivity index (χ4v) is 0.805. The average Bonchev–Trinajstić information content (AvgIpc) is 1.83. The average molecular weight is 158 g/mol. The molecule has 11 heavy (non-hydrogen) atoms. The third-order valence-corrected chi connectivity index (χ3v) is 1.74. The fraction of sp³-hybridized carbons (Fsp3) is 0.857. The van der Waals surface area contributed by atoms with E-state index in [2.05, 4.69) is 5.18 Å². The Kier molecular flexibility index (Phi) is 3.32. The van der Waals surface area contributed by atoms with Crippen molar-refractivity contribution in [1.82, 2.24) is 0 Å². The second-order valence-electron chi connectivity index (χ2n) is 3.17. The molecule has 64 valence electrons. The molecule has 2 atom stereocenters. The van der Waals surface area contributed by atoms with Crippen LogP contribution in [-0.4, -0.2) is 17.4 Å². The first-order chi connectivity index (χ1) is 4.90. The number of hydrogen-bond acceptors (Lipinski definition) is 4. The number of hydrogen-bond donors (Lipinski definition) is 1. The molecular weight excluding hydrogens is 144 g/mol. The first-order valence-corrected chi connectivity index (χ1v) is 3.51. The van der Waals surface area contributed by atoms with E-state index in [1.54, 1.807) is 13.8 Å². The Balaban J connectivity index is 4.19. The lowest BCUT2D eigenvalue weighted by atomic mass is 9.90. The smallest absolute Gasteiger partial charge is 0.131 e. The van der Waals surface area contributed by atoms with Gasteiger partial charge in [-0.3, -0.25) is 4.79 Å². The lowest BCUT2D eigenvalue weighted by Gasteiger charge is -2.25. The SMILES string of the molecule is CC(=O)CC(C)(N)C(C)N=O. The maximum atomic E-state index is 10.7. The molecule has 2 N–H and O–H groups in total. The van der Waals surface area contributed by atoms with Crippen LogP contribution >= 0.6 is 0 Å². The van der Waals surface area contributed by atoms with Crippen molar-refractivity contribution in [2.24, 2.45) is 10.9 Å². The zero-order valence-corrected chi connectivity index (χ0v) is 7.13. The van der Waals surface area contributed by atoms with Gasteiger partial charge in [0.05, 0.1) is 0 Å². The van der Waals surface area contributed by atoms with E-state index in [4.69, 9.17) is 5.73 Å². The number of carbonyl (C=O) groups is 1. The van der Waals surface area contributed by atoms with Crippen molar-refractivity contribution >= 4 is 5.78 Å². The first-order valence-electron chi connectivity index (χ1n) is 3.51. The lowest BCUT2D eigenvalue weighted by Crippen LogP contribution is -2.46. The minimum absolute atomic E-state index is 0.0227. The van der Waals surface area contributed by atoms with Gasteiger partial charge in [0.15, 0.2) is 0 Å². The zero-order valence-electron chi connectivity index (χ0n) is 7.13. The molecule has 0 fully saturated rings. The van der Waals surface area contributed by atoms with Crippen molar-refractivity contribution in [3.8, 4) is 0 Å². The van der Waals surface area contributed by atoms with E-state index < -0.39 is 11.6 Å². The number of ketones is 1. The van der Waals surface area contributed by atoms with Crippen molar-refractivity contribution in [2.75, 3.05) is 0 Å². The van der Waals surface area contributed by atoms with E-state index in [9.17, 15) is 9.70 Å². The predicted molar refractivity (Wildman–Crippen MR) is 43.1 cm³/mol. The summed E-state index contributed by atoms with van der Waals surface area (Å²) in [5, 5.41) is 2.79. The summed E-state index contributed by atoms with van der Waals surface area (Å²) in [6, 6.07) is -0.522. The van der Waals surface area contributed by atoms with Gasteiger partial charge < -0.3 is 5.73 Å². The lowest BCUT2D eigenvalue weighted by molar-refractivity contribution is -0.118. The van der Waals surface area contributed by atoms with Gasteiger partial charge in [-0.05, 0) is 20.8 Å². The topological polar surface area (TPSA) is 72.5 Å². The molecule has 0 saturated heterocycles. The number of carbonyl (C=O) groups excluding carboxylic acids is 1. The van der Waals surface area contributed by atoms with Crippen LogP contribution in [0.25, 0.3) is 0 Å². The summed E-state index contributed by atoms with van der Waals surface area (Å²) in [6.07, 6.45) is 0.194. The highest BCUT2D eigenvalue weighted by Crippen LogP contribution is 2.14. The molecule has 0 aliphatic heterocycles. The molecule has 0 spiro atoms. The van der Waals surface area contributed by atoms with Crippen LogP contribution in [0.1, 0.15) is 27.2 Å². The summed E-state index contributed by atoms with van der Waals surface area (Å²) in [4.78, 5) is 20.7. The summed E-state index contributed by atoms with van der Waals surface area (Å²) in [5.41, 5.74) is 4.86. The molecule has 0 bridgehead atoms. The van der Waals surface area contributed by atoms with E-state index in [0.717, 1.165) is 0 Å². The van der Waals surface area contributed by atoms with Crippen molar-refractivity contribution in [2.45, 2.75) is 38.8 Å². The molecule has 0 aromatic heterocycles. The summed E-state index contributed by atoms with van der Waals surface area (Å²) < 4.78 is 0. The van der Waals surface area contributed by atoms with Crippen LogP contribution in [0.5, 0.6) is 0 Å². The number of nitrogens with two attached hydrogens (primary N) is 1. The van der Waals surface area contributed by atoms with Gasteiger partial charge in [-0.15, -0.1) is 0 Å². The normalized spacial score (nSPS) is 18.5. The second kappa shape index (κ2) is 3.57. The quantitative estimate of drug-likeness (QED) is 0.616. The molecule has 0 saturated carbocycles. The van der Waals surface area contributed by atoms with E-state index in [1.807, 2.05) is 0 Å². The largest absolute Gasteiger partial charge is 0.323 e. The van der Waals surface area contributed by atoms with Gasteiger partial charge >= 0.3 is 0 Å². The van der Waals surface area contributed by atoms with Crippen molar-refractivity contribution in [3.63, 3.8) is 0 Å². The van der Waals surface area contributed by atoms with Crippen LogP contribution in [0, 0.1) is 4.91 Å². The highest BCUT2D eigenvalue weighted by molar-refractivity contribution is 5.76. The van der Waals surface area contributed by atoms with Gasteiger partial charge in [0.25, 0.3) is 0 Å². The number of Topliss-reactive ketones (excluding diaryl/α,β-unsaturated/α-hetero) is 1. The van der Waals surface area contributed by atoms with Gasteiger partial charge in [-0.2, -0.15) is 4.91 Å². The number of nitrogens with zero attached hydrogens (tertiary/aromatic N) is 1. The van der Waals surface area contributed by atoms with Crippen LogP contribution in [0.4, 0.5) is 0 Å². The Morgan fingerprint density at radius 3 is 2.45 bits per heavy atom. The minimum atomic E-state index is -0.798. The van der Waals surface area contributed by atoms with E-state index >= 15 is 0 Å². The maximum Gasteiger partial charge on any atom is 0.131 e. The molecule has 0 aromatic carbocycles. The number of nitroso groups, excluding NO2 is 1. The Morgan fingerprint density at radius 1 is 1.73 bits per heavy atom. The molecule has 0 aliphatic rings. The molecular formula is C7H14N2O2. The van der Waals surface area contributed by atoms with Gasteiger partial charge in [0.2, 0.25) is 0 Å². The van der Waals surface area contributed by atoms with Gasteiger partial charge in [0, 0.05) is 12.0 Å². The van der Waals surface area contributed by atoms with Crippen LogP contribution in [0.2, 0.25) is 0 Å². The van der Waals surface area contributed by atoms with Crippen LogP contribution < -0.4 is 5.73 Å². The maximum absolute atomic E-state index is 10.7. The Labute approximate surface area is 66.1 Å². The second-order valence-corrected chi connectivity index (χ2v) is 3.17. The molecule has 2 unspecified atom stereocenters. The Hall–Kier alpha value is -0.770. The van der Waals surface area contributed by atoms with Gasteiger partial charge in [-0.1, -0.05) is 5.18 Å². The molecule has 0 aliphatic carbocycles. The summed E-state index contributed by atoms with van der Waals surface area (Å²) in [5.74, 6) is -0.0227. The molecule has 0 radical (unpaired) electrons. The van der Waals surface area contributed by atoms with Crippen LogP contribution in [-0.2, 0) is 4.79 Å². The van der Waals surface area contributed by atoms with Crippen LogP contribution in [0.3, 0.4) is 0 Å². The van der Waals surface area contributed by atoms with Crippen molar-refractivity contribution in [1.29, 1.82) is 0 Å². The Morgan fingerprint density at radius 2 is 2.18 bits per heavy atom. The monoisotopic (exact) mass is 158 g/mol. The number of rotatable bonds is 4. The first kappa shape index (κ1) is 10.2. The van der Waals surface area contributed by atoms with E-state index in [-0.39, 0.29) is 12.2 Å². The highest BCUT2D eigenvalue weighted by Gasteiger charge is 2.28. The van der Waals surface area contributed by atoms with Crippen LogP contribution in [0.15, 0.2) is 5.18 Å². The van der Waals surface area contributed by atoms with Gasteiger partial charge in [-0.25, -0.2) is 0 Å². The van der Waals surface area contributed by atoms with E-state index in [1.165, 1.54) is 6.92 Å².